The van der Waals surface area contributed by atoms with E-state index in [2.05, 4.69) is 4.74 Å². The average molecular weight is 251 g/mol. The van der Waals surface area contributed by atoms with Crippen LogP contribution in [-0.2, 0) is 19.6 Å². The highest BCUT2D eigenvalue weighted by Crippen LogP contribution is 2.29. The van der Waals surface area contributed by atoms with Gasteiger partial charge in [-0.05, 0) is 12.8 Å². The molecule has 16 heavy (non-hydrogen) atoms. The lowest BCUT2D eigenvalue weighted by Crippen LogP contribution is -2.37. The maximum Gasteiger partial charge on any atom is 0.306 e. The molecule has 0 atom stereocenters. The number of rotatable bonds is 7. The molecule has 0 radical (unpaired) electrons. The third kappa shape index (κ3) is 3.73. The van der Waals surface area contributed by atoms with E-state index in [1.54, 1.807) is 0 Å². The normalized spacial score (nSPS) is 16.4. The summed E-state index contributed by atoms with van der Waals surface area (Å²) in [5, 5.41) is 8.80. The van der Waals surface area contributed by atoms with Crippen molar-refractivity contribution < 1.29 is 23.1 Å². The number of aliphatic hydroxyl groups is 1. The largest absolute Gasteiger partial charge is 0.469 e. The van der Waals surface area contributed by atoms with Gasteiger partial charge in [-0.3, -0.25) is 4.79 Å². The van der Waals surface area contributed by atoms with E-state index >= 15 is 0 Å². The van der Waals surface area contributed by atoms with Crippen LogP contribution >= 0.6 is 0 Å². The van der Waals surface area contributed by atoms with E-state index in [1.807, 2.05) is 0 Å². The summed E-state index contributed by atoms with van der Waals surface area (Å²) in [6.07, 6.45) is 1.52. The van der Waals surface area contributed by atoms with E-state index in [1.165, 1.54) is 11.4 Å². The topological polar surface area (TPSA) is 83.9 Å². The first kappa shape index (κ1) is 13.4. The second-order valence-electron chi connectivity index (χ2n) is 3.71. The molecular weight excluding hydrogens is 234 g/mol. The smallest absolute Gasteiger partial charge is 0.306 e. The highest BCUT2D eigenvalue weighted by Gasteiger charge is 2.36. The Morgan fingerprint density at radius 2 is 2.12 bits per heavy atom. The summed E-state index contributed by atoms with van der Waals surface area (Å²) in [6, 6.07) is 0.00907. The molecule has 0 saturated heterocycles. The number of carbonyl (C=O) groups is 1. The molecule has 0 aromatic rings. The van der Waals surface area contributed by atoms with Crippen molar-refractivity contribution in [2.24, 2.45) is 0 Å². The van der Waals surface area contributed by atoms with Gasteiger partial charge in [-0.25, -0.2) is 8.42 Å². The molecular formula is C9H17NO5S. The first-order valence-corrected chi connectivity index (χ1v) is 6.79. The first-order valence-electron chi connectivity index (χ1n) is 5.18. The predicted octanol–water partition coefficient (Wildman–Crippen LogP) is -0.664. The van der Waals surface area contributed by atoms with E-state index in [-0.39, 0.29) is 31.4 Å². The highest BCUT2D eigenvalue weighted by molar-refractivity contribution is 7.89. The van der Waals surface area contributed by atoms with Crippen LogP contribution in [0.25, 0.3) is 0 Å². The van der Waals surface area contributed by atoms with Crippen molar-refractivity contribution in [1.82, 2.24) is 4.31 Å². The van der Waals surface area contributed by atoms with Crippen molar-refractivity contribution in [2.75, 3.05) is 26.0 Å². The van der Waals surface area contributed by atoms with Crippen LogP contribution < -0.4 is 0 Å². The van der Waals surface area contributed by atoms with Crippen LogP contribution in [0.4, 0.5) is 0 Å². The SMILES string of the molecule is COC(=O)CCS(=O)(=O)N(CCO)C1CC1. The number of ether oxygens (including phenoxy) is 1. The van der Waals surface area contributed by atoms with Gasteiger partial charge in [-0.15, -0.1) is 0 Å². The molecule has 7 heteroatoms. The standard InChI is InChI=1S/C9H17NO5S/c1-15-9(12)4-7-16(13,14)10(5-6-11)8-2-3-8/h8,11H,2-7H2,1H3. The van der Waals surface area contributed by atoms with Crippen LogP contribution in [0.1, 0.15) is 19.3 Å². The van der Waals surface area contributed by atoms with Crippen LogP contribution in [0.2, 0.25) is 0 Å². The Labute approximate surface area is 95.2 Å². The molecule has 0 heterocycles. The minimum atomic E-state index is -3.45. The van der Waals surface area contributed by atoms with Crippen molar-refractivity contribution in [3.8, 4) is 0 Å². The van der Waals surface area contributed by atoms with Gasteiger partial charge < -0.3 is 9.84 Å². The van der Waals surface area contributed by atoms with E-state index in [0.717, 1.165) is 12.8 Å². The third-order valence-electron chi connectivity index (χ3n) is 2.42. The fraction of sp³-hybridized carbons (Fsp3) is 0.889. The van der Waals surface area contributed by atoms with Gasteiger partial charge in [-0.2, -0.15) is 4.31 Å². The Morgan fingerprint density at radius 1 is 1.50 bits per heavy atom. The molecule has 94 valence electrons. The number of aliphatic hydroxyl groups excluding tert-OH is 1. The number of carbonyl (C=O) groups excluding carboxylic acids is 1. The number of nitrogens with zero attached hydrogens (tertiary/aromatic N) is 1. The minimum Gasteiger partial charge on any atom is -0.469 e. The molecule has 1 aliphatic rings. The Morgan fingerprint density at radius 3 is 2.56 bits per heavy atom. The van der Waals surface area contributed by atoms with Crippen molar-refractivity contribution in [1.29, 1.82) is 0 Å². The van der Waals surface area contributed by atoms with Crippen LogP contribution in [0.3, 0.4) is 0 Å². The summed E-state index contributed by atoms with van der Waals surface area (Å²) >= 11 is 0. The summed E-state index contributed by atoms with van der Waals surface area (Å²) in [4.78, 5) is 10.9. The van der Waals surface area contributed by atoms with Crippen LogP contribution in [0.15, 0.2) is 0 Å². The summed E-state index contributed by atoms with van der Waals surface area (Å²) in [5.74, 6) is -0.792. The highest BCUT2D eigenvalue weighted by atomic mass is 32.2. The first-order chi connectivity index (χ1) is 7.51. The lowest BCUT2D eigenvalue weighted by Gasteiger charge is -2.20. The van der Waals surface area contributed by atoms with E-state index in [4.69, 9.17) is 5.11 Å². The maximum atomic E-state index is 11.8. The molecule has 0 unspecified atom stereocenters. The number of hydrogen-bond acceptors (Lipinski definition) is 5. The quantitative estimate of drug-likeness (QED) is 0.607. The molecule has 0 aromatic heterocycles. The zero-order valence-electron chi connectivity index (χ0n) is 9.26. The van der Waals surface area contributed by atoms with Crippen LogP contribution in [0, 0.1) is 0 Å². The van der Waals surface area contributed by atoms with Gasteiger partial charge in [0.1, 0.15) is 0 Å². The van der Waals surface area contributed by atoms with Gasteiger partial charge >= 0.3 is 5.97 Å². The van der Waals surface area contributed by atoms with Gasteiger partial charge in [-0.1, -0.05) is 0 Å². The molecule has 1 saturated carbocycles. The van der Waals surface area contributed by atoms with Crippen LogP contribution in [0.5, 0.6) is 0 Å². The summed E-state index contributed by atoms with van der Waals surface area (Å²) in [7, 11) is -2.23. The molecule has 1 rings (SSSR count). The van der Waals surface area contributed by atoms with E-state index < -0.39 is 16.0 Å². The summed E-state index contributed by atoms with van der Waals surface area (Å²) < 4.78 is 29.3. The van der Waals surface area contributed by atoms with Crippen molar-refractivity contribution >= 4 is 16.0 Å². The number of esters is 1. The van der Waals surface area contributed by atoms with Crippen molar-refractivity contribution in [3.63, 3.8) is 0 Å². The molecule has 0 aliphatic heterocycles. The number of sulfonamides is 1. The predicted molar refractivity (Wildman–Crippen MR) is 57.2 cm³/mol. The lowest BCUT2D eigenvalue weighted by molar-refractivity contribution is -0.140. The van der Waals surface area contributed by atoms with E-state index in [9.17, 15) is 13.2 Å². The van der Waals surface area contributed by atoms with Crippen molar-refractivity contribution in [2.45, 2.75) is 25.3 Å². The Bertz CT molecular complexity index is 336. The second kappa shape index (κ2) is 5.60. The second-order valence-corrected chi connectivity index (χ2v) is 5.75. The molecule has 0 amide bonds. The van der Waals surface area contributed by atoms with E-state index in [0.29, 0.717) is 0 Å². The van der Waals surface area contributed by atoms with Gasteiger partial charge in [0.2, 0.25) is 10.0 Å². The third-order valence-corrected chi connectivity index (χ3v) is 4.34. The summed E-state index contributed by atoms with van der Waals surface area (Å²) in [6.45, 7) is -0.0951. The minimum absolute atomic E-state index is 0.00907. The molecule has 1 fully saturated rings. The van der Waals surface area contributed by atoms with Gasteiger partial charge in [0.15, 0.2) is 0 Å². The molecule has 1 N–H and O–H groups in total. The molecule has 0 spiro atoms. The maximum absolute atomic E-state index is 11.8. The van der Waals surface area contributed by atoms with Gasteiger partial charge in [0.05, 0.1) is 25.9 Å². The van der Waals surface area contributed by atoms with Gasteiger partial charge in [0.25, 0.3) is 0 Å². The number of methoxy groups -OCH3 is 1. The van der Waals surface area contributed by atoms with Gasteiger partial charge in [0, 0.05) is 12.6 Å². The fourth-order valence-corrected chi connectivity index (χ4v) is 3.13. The number of hydrogen-bond donors (Lipinski definition) is 1. The Balaban J connectivity index is 2.55. The zero-order valence-corrected chi connectivity index (χ0v) is 10.1. The molecule has 6 nitrogen and oxygen atoms in total. The zero-order chi connectivity index (χ0) is 12.2. The lowest BCUT2D eigenvalue weighted by atomic mass is 10.5. The fourth-order valence-electron chi connectivity index (χ4n) is 1.44. The van der Waals surface area contributed by atoms with Crippen LogP contribution in [-0.4, -0.2) is 55.9 Å². The average Bonchev–Trinajstić information content (AvgIpc) is 3.06. The molecule has 0 bridgehead atoms. The Hall–Kier alpha value is -0.660. The van der Waals surface area contributed by atoms with Crippen molar-refractivity contribution in [3.05, 3.63) is 0 Å². The molecule has 1 aliphatic carbocycles. The molecule has 0 aromatic carbocycles. The monoisotopic (exact) mass is 251 g/mol. The Kier molecular flexibility index (Phi) is 4.69. The summed E-state index contributed by atoms with van der Waals surface area (Å²) in [5.41, 5.74) is 0.